The molecule has 1 atom stereocenters. The van der Waals surface area contributed by atoms with Crippen LogP contribution < -0.4 is 5.73 Å². The minimum atomic E-state index is 0.612. The molecule has 1 fully saturated rings. The van der Waals surface area contributed by atoms with E-state index in [1.165, 1.54) is 18.4 Å². The Kier molecular flexibility index (Phi) is 4.63. The molecule has 0 spiro atoms. The number of anilines is 1. The van der Waals surface area contributed by atoms with E-state index in [0.717, 1.165) is 37.4 Å². The summed E-state index contributed by atoms with van der Waals surface area (Å²) in [6, 6.07) is 4.22. The molecule has 5 nitrogen and oxygen atoms in total. The summed E-state index contributed by atoms with van der Waals surface area (Å²) in [6.45, 7) is 4.88. The zero-order valence-corrected chi connectivity index (χ0v) is 13.1. The molecule has 0 aromatic carbocycles. The number of likely N-dealkylation sites (tertiary alicyclic amines) is 1. The molecule has 0 bridgehead atoms. The molecule has 0 radical (unpaired) electrons. The topological polar surface area (TPSA) is 67.9 Å². The number of hydrogen-bond donors (Lipinski definition) is 1. The van der Waals surface area contributed by atoms with Gasteiger partial charge in [-0.15, -0.1) is 0 Å². The van der Waals surface area contributed by atoms with Gasteiger partial charge in [0, 0.05) is 30.7 Å². The lowest BCUT2D eigenvalue weighted by molar-refractivity contribution is 0.275. The van der Waals surface area contributed by atoms with Crippen LogP contribution in [0.4, 0.5) is 5.82 Å². The Morgan fingerprint density at radius 1 is 1.27 bits per heavy atom. The van der Waals surface area contributed by atoms with Crippen molar-refractivity contribution in [1.29, 1.82) is 0 Å². The fourth-order valence-electron chi connectivity index (χ4n) is 3.14. The van der Waals surface area contributed by atoms with E-state index >= 15 is 0 Å². The van der Waals surface area contributed by atoms with Crippen molar-refractivity contribution in [2.75, 3.05) is 18.8 Å². The molecule has 2 aromatic rings. The average Bonchev–Trinajstić information content (AvgIpc) is 2.77. The highest BCUT2D eigenvalue weighted by molar-refractivity contribution is 5.37. The monoisotopic (exact) mass is 297 g/mol. The van der Waals surface area contributed by atoms with Gasteiger partial charge < -0.3 is 5.73 Å². The lowest BCUT2D eigenvalue weighted by Gasteiger charge is -2.20. The molecule has 0 amide bonds. The van der Waals surface area contributed by atoms with Gasteiger partial charge in [0.05, 0.1) is 0 Å². The molecule has 5 heteroatoms. The number of nitrogens with zero attached hydrogens (tertiary/aromatic N) is 4. The predicted octanol–water partition coefficient (Wildman–Crippen LogP) is 2.53. The van der Waals surface area contributed by atoms with Crippen LogP contribution in [0.3, 0.4) is 0 Å². The van der Waals surface area contributed by atoms with Crippen LogP contribution in [0.2, 0.25) is 0 Å². The maximum absolute atomic E-state index is 6.01. The van der Waals surface area contributed by atoms with E-state index in [1.54, 1.807) is 0 Å². The van der Waals surface area contributed by atoms with Crippen molar-refractivity contribution in [3.63, 3.8) is 0 Å². The lowest BCUT2D eigenvalue weighted by atomic mass is 9.93. The van der Waals surface area contributed by atoms with Crippen molar-refractivity contribution in [3.8, 4) is 0 Å². The third kappa shape index (κ3) is 3.60. The van der Waals surface area contributed by atoms with Gasteiger partial charge in [-0.3, -0.25) is 9.88 Å². The van der Waals surface area contributed by atoms with E-state index in [2.05, 4.69) is 25.9 Å². The van der Waals surface area contributed by atoms with Crippen molar-refractivity contribution >= 4 is 5.82 Å². The van der Waals surface area contributed by atoms with E-state index < -0.39 is 0 Å². The molecule has 3 heterocycles. The molecule has 116 valence electrons. The SMILES string of the molecule is Cc1ncc(CN2CCCC(c3cccnc3)CC2)c(N)n1. The van der Waals surface area contributed by atoms with Crippen molar-refractivity contribution in [1.82, 2.24) is 19.9 Å². The highest BCUT2D eigenvalue weighted by Crippen LogP contribution is 2.28. The van der Waals surface area contributed by atoms with Crippen LogP contribution in [0.1, 0.15) is 42.1 Å². The maximum Gasteiger partial charge on any atom is 0.131 e. The second kappa shape index (κ2) is 6.83. The highest BCUT2D eigenvalue weighted by atomic mass is 15.1. The molecule has 3 rings (SSSR count). The first-order valence-electron chi connectivity index (χ1n) is 7.92. The molecule has 1 unspecified atom stereocenters. The average molecular weight is 297 g/mol. The van der Waals surface area contributed by atoms with Gasteiger partial charge in [-0.05, 0) is 56.8 Å². The summed E-state index contributed by atoms with van der Waals surface area (Å²) in [5.74, 6) is 1.96. The second-order valence-corrected chi connectivity index (χ2v) is 6.02. The van der Waals surface area contributed by atoms with E-state index in [4.69, 9.17) is 5.73 Å². The van der Waals surface area contributed by atoms with Gasteiger partial charge in [-0.2, -0.15) is 0 Å². The molecule has 1 aliphatic heterocycles. The summed E-state index contributed by atoms with van der Waals surface area (Å²) >= 11 is 0. The first-order chi connectivity index (χ1) is 10.7. The van der Waals surface area contributed by atoms with Gasteiger partial charge in [-0.1, -0.05) is 6.07 Å². The summed E-state index contributed by atoms with van der Waals surface area (Å²) in [6.07, 6.45) is 9.30. The summed E-state index contributed by atoms with van der Waals surface area (Å²) in [5.41, 5.74) is 8.41. The zero-order chi connectivity index (χ0) is 15.4. The van der Waals surface area contributed by atoms with Crippen molar-refractivity contribution in [2.45, 2.75) is 38.6 Å². The van der Waals surface area contributed by atoms with Crippen LogP contribution >= 0.6 is 0 Å². The molecular formula is C17H23N5. The summed E-state index contributed by atoms with van der Waals surface area (Å²) in [5, 5.41) is 0. The van der Waals surface area contributed by atoms with Crippen LogP contribution in [0.15, 0.2) is 30.7 Å². The Balaban J connectivity index is 1.63. The van der Waals surface area contributed by atoms with E-state index in [1.807, 2.05) is 31.6 Å². The van der Waals surface area contributed by atoms with Crippen LogP contribution in [0, 0.1) is 6.92 Å². The highest BCUT2D eigenvalue weighted by Gasteiger charge is 2.19. The molecular weight excluding hydrogens is 274 g/mol. The van der Waals surface area contributed by atoms with Gasteiger partial charge in [0.1, 0.15) is 11.6 Å². The van der Waals surface area contributed by atoms with Crippen molar-refractivity contribution < 1.29 is 0 Å². The summed E-state index contributed by atoms with van der Waals surface area (Å²) in [4.78, 5) is 15.2. The van der Waals surface area contributed by atoms with Gasteiger partial charge in [0.15, 0.2) is 0 Å². The van der Waals surface area contributed by atoms with Crippen LogP contribution in [-0.4, -0.2) is 32.9 Å². The Hall–Kier alpha value is -2.01. The number of nitrogens with two attached hydrogens (primary N) is 1. The summed E-state index contributed by atoms with van der Waals surface area (Å²) in [7, 11) is 0. The number of aromatic nitrogens is 3. The third-order valence-corrected chi connectivity index (χ3v) is 4.39. The molecule has 0 aliphatic carbocycles. The molecule has 1 aliphatic rings. The Labute approximate surface area is 131 Å². The smallest absolute Gasteiger partial charge is 0.131 e. The predicted molar refractivity (Wildman–Crippen MR) is 87.3 cm³/mol. The number of hydrogen-bond acceptors (Lipinski definition) is 5. The van der Waals surface area contributed by atoms with Crippen LogP contribution in [0.25, 0.3) is 0 Å². The fourth-order valence-corrected chi connectivity index (χ4v) is 3.14. The molecule has 1 saturated heterocycles. The Morgan fingerprint density at radius 2 is 2.18 bits per heavy atom. The van der Waals surface area contributed by atoms with Gasteiger partial charge in [-0.25, -0.2) is 9.97 Å². The Bertz CT molecular complexity index is 614. The number of aryl methyl sites for hydroxylation is 1. The number of pyridine rings is 1. The van der Waals surface area contributed by atoms with Crippen molar-refractivity contribution in [2.24, 2.45) is 0 Å². The minimum absolute atomic E-state index is 0.612. The van der Waals surface area contributed by atoms with Crippen LogP contribution in [0.5, 0.6) is 0 Å². The van der Waals surface area contributed by atoms with Gasteiger partial charge in [0.2, 0.25) is 0 Å². The second-order valence-electron chi connectivity index (χ2n) is 6.02. The van der Waals surface area contributed by atoms with Crippen molar-refractivity contribution in [3.05, 3.63) is 47.7 Å². The normalized spacial score (nSPS) is 19.8. The first-order valence-corrected chi connectivity index (χ1v) is 7.92. The first kappa shape index (κ1) is 14.9. The fraction of sp³-hybridized carbons (Fsp3) is 0.471. The quantitative estimate of drug-likeness (QED) is 0.943. The minimum Gasteiger partial charge on any atom is -0.383 e. The van der Waals surface area contributed by atoms with Gasteiger partial charge in [0.25, 0.3) is 0 Å². The molecule has 22 heavy (non-hydrogen) atoms. The standard InChI is InChI=1S/C17H23N5/c1-13-20-11-16(17(18)21-13)12-22-8-3-5-14(6-9-22)15-4-2-7-19-10-15/h2,4,7,10-11,14H,3,5-6,8-9,12H2,1H3,(H2,18,20,21). The maximum atomic E-state index is 6.01. The third-order valence-electron chi connectivity index (χ3n) is 4.39. The number of nitrogen functional groups attached to an aromatic ring is 1. The number of rotatable bonds is 3. The molecule has 2 N–H and O–H groups in total. The zero-order valence-electron chi connectivity index (χ0n) is 13.1. The van der Waals surface area contributed by atoms with Gasteiger partial charge >= 0.3 is 0 Å². The molecule has 0 saturated carbocycles. The Morgan fingerprint density at radius 3 is 2.95 bits per heavy atom. The van der Waals surface area contributed by atoms with Crippen LogP contribution in [-0.2, 0) is 6.54 Å². The van der Waals surface area contributed by atoms with E-state index in [0.29, 0.717) is 11.7 Å². The van der Waals surface area contributed by atoms with E-state index in [9.17, 15) is 0 Å². The largest absolute Gasteiger partial charge is 0.383 e. The van der Waals surface area contributed by atoms with E-state index in [-0.39, 0.29) is 0 Å². The molecule has 2 aromatic heterocycles. The summed E-state index contributed by atoms with van der Waals surface area (Å²) < 4.78 is 0. The lowest BCUT2D eigenvalue weighted by Crippen LogP contribution is -2.25.